The van der Waals surface area contributed by atoms with E-state index in [0.29, 0.717) is 12.0 Å². The van der Waals surface area contributed by atoms with Gasteiger partial charge in [0.15, 0.2) is 0 Å². The molecule has 0 heterocycles. The monoisotopic (exact) mass is 312 g/mol. The smallest absolute Gasteiger partial charge is 0.114 e. The molecule has 0 amide bonds. The number of hydrogen-bond donors (Lipinski definition) is 0. The highest BCUT2D eigenvalue weighted by atomic mass is 127. The molecule has 0 spiro atoms. The first-order valence-corrected chi connectivity index (χ1v) is 6.47. The van der Waals surface area contributed by atoms with E-state index < -0.39 is 0 Å². The summed E-state index contributed by atoms with van der Waals surface area (Å²) in [7, 11) is 0. The van der Waals surface area contributed by atoms with Gasteiger partial charge < -0.3 is 4.74 Å². The van der Waals surface area contributed by atoms with E-state index in [0.717, 1.165) is 6.42 Å². The van der Waals surface area contributed by atoms with Crippen LogP contribution in [-0.4, -0.2) is 9.71 Å². The van der Waals surface area contributed by atoms with Gasteiger partial charge >= 0.3 is 0 Å². The fraction of sp³-hybridized carbons (Fsp3) is 1.00. The van der Waals surface area contributed by atoms with Crippen molar-refractivity contribution in [3.63, 3.8) is 0 Å². The largest absolute Gasteiger partial charge is 0.361 e. The zero-order valence-electron chi connectivity index (χ0n) is 10.6. The van der Waals surface area contributed by atoms with Gasteiger partial charge in [-0.15, -0.1) is 0 Å². The Morgan fingerprint density at radius 2 is 1.50 bits per heavy atom. The van der Waals surface area contributed by atoms with E-state index in [-0.39, 0.29) is 9.02 Å². The molecule has 0 saturated carbocycles. The van der Waals surface area contributed by atoms with Crippen LogP contribution in [0.4, 0.5) is 0 Å². The van der Waals surface area contributed by atoms with Crippen molar-refractivity contribution in [2.45, 2.75) is 64.6 Å². The molecule has 0 radical (unpaired) electrons. The molecule has 0 aromatic heterocycles. The minimum absolute atomic E-state index is 0.0649. The van der Waals surface area contributed by atoms with Crippen molar-refractivity contribution in [2.24, 2.45) is 11.3 Å². The van der Waals surface area contributed by atoms with Crippen molar-refractivity contribution >= 4 is 22.6 Å². The van der Waals surface area contributed by atoms with Gasteiger partial charge in [-0.25, -0.2) is 0 Å². The van der Waals surface area contributed by atoms with Gasteiger partial charge in [-0.05, 0) is 54.2 Å². The van der Waals surface area contributed by atoms with Gasteiger partial charge in [-0.3, -0.25) is 0 Å². The van der Waals surface area contributed by atoms with Crippen molar-refractivity contribution in [1.82, 2.24) is 0 Å². The summed E-state index contributed by atoms with van der Waals surface area (Å²) in [4.78, 5) is 0. The predicted molar refractivity (Wildman–Crippen MR) is 71.9 cm³/mol. The molecule has 0 bridgehead atoms. The summed E-state index contributed by atoms with van der Waals surface area (Å²) in [5, 5.41) is 0. The summed E-state index contributed by atoms with van der Waals surface area (Å²) in [6.07, 6.45) is 1.48. The molecule has 0 N–H and O–H groups in total. The van der Waals surface area contributed by atoms with E-state index >= 15 is 0 Å². The van der Waals surface area contributed by atoms with Gasteiger partial charge in [-0.2, -0.15) is 0 Å². The van der Waals surface area contributed by atoms with Crippen LogP contribution in [-0.2, 0) is 4.74 Å². The Morgan fingerprint density at radius 1 is 1.07 bits per heavy atom. The Kier molecular flexibility index (Phi) is 5.40. The highest BCUT2D eigenvalue weighted by molar-refractivity contribution is 14.1. The maximum absolute atomic E-state index is 6.10. The molecule has 0 aromatic rings. The summed E-state index contributed by atoms with van der Waals surface area (Å²) in [6, 6.07) is 0. The number of rotatable bonds is 4. The number of hydrogen-bond acceptors (Lipinski definition) is 1. The fourth-order valence-electron chi connectivity index (χ4n) is 1.34. The zero-order valence-corrected chi connectivity index (χ0v) is 12.8. The summed E-state index contributed by atoms with van der Waals surface area (Å²) in [5.41, 5.74) is 0.229. The molecule has 14 heavy (non-hydrogen) atoms. The van der Waals surface area contributed by atoms with E-state index in [4.69, 9.17) is 4.74 Å². The molecule has 0 saturated heterocycles. The lowest BCUT2D eigenvalue weighted by Crippen LogP contribution is -2.36. The quantitative estimate of drug-likeness (QED) is 0.543. The van der Waals surface area contributed by atoms with Crippen molar-refractivity contribution in [3.8, 4) is 0 Å². The van der Waals surface area contributed by atoms with Gasteiger partial charge in [0.05, 0.1) is 6.10 Å². The molecule has 86 valence electrons. The zero-order chi connectivity index (χ0) is 11.6. The van der Waals surface area contributed by atoms with Gasteiger partial charge in [0.25, 0.3) is 0 Å². The third kappa shape index (κ3) is 7.04. The third-order valence-electron chi connectivity index (χ3n) is 2.07. The average Bonchev–Trinajstić information content (AvgIpc) is 1.78. The maximum Gasteiger partial charge on any atom is 0.114 e. The lowest BCUT2D eigenvalue weighted by molar-refractivity contribution is -0.0696. The molecule has 0 aromatic carbocycles. The summed E-state index contributed by atoms with van der Waals surface area (Å²) in [5.74, 6) is 0.693. The molecule has 1 atom stereocenters. The van der Waals surface area contributed by atoms with Crippen LogP contribution in [0.2, 0.25) is 0 Å². The third-order valence-corrected chi connectivity index (χ3v) is 2.33. The molecule has 1 nitrogen and oxygen atoms in total. The van der Waals surface area contributed by atoms with Crippen LogP contribution in [0, 0.1) is 11.3 Å². The van der Waals surface area contributed by atoms with Gasteiger partial charge in [0, 0.05) is 0 Å². The Bertz CT molecular complexity index is 162. The van der Waals surface area contributed by atoms with Crippen molar-refractivity contribution in [3.05, 3.63) is 0 Å². The van der Waals surface area contributed by atoms with E-state index in [1.165, 1.54) is 0 Å². The molecular weight excluding hydrogens is 287 g/mol. The Balaban J connectivity index is 4.42. The van der Waals surface area contributed by atoms with Crippen molar-refractivity contribution in [1.29, 1.82) is 0 Å². The molecular formula is C12H25IO. The van der Waals surface area contributed by atoms with Crippen LogP contribution in [0.25, 0.3) is 0 Å². The van der Waals surface area contributed by atoms with Crippen LogP contribution in [0.5, 0.6) is 0 Å². The van der Waals surface area contributed by atoms with Crippen LogP contribution in [0.15, 0.2) is 0 Å². The normalized spacial score (nSPS) is 16.1. The number of halogens is 1. The van der Waals surface area contributed by atoms with Crippen LogP contribution in [0.3, 0.4) is 0 Å². The predicted octanol–water partition coefficient (Wildman–Crippen LogP) is 4.63. The van der Waals surface area contributed by atoms with Gasteiger partial charge in [0.1, 0.15) is 3.61 Å². The van der Waals surface area contributed by atoms with Crippen molar-refractivity contribution in [2.75, 3.05) is 0 Å². The average molecular weight is 312 g/mol. The Morgan fingerprint density at radius 3 is 1.71 bits per heavy atom. The Labute approximate surface area is 103 Å². The molecule has 0 aliphatic heterocycles. The minimum Gasteiger partial charge on any atom is -0.361 e. The molecule has 1 unspecified atom stereocenters. The highest BCUT2D eigenvalue weighted by Crippen LogP contribution is 2.33. The van der Waals surface area contributed by atoms with E-state index in [1.807, 2.05) is 0 Å². The van der Waals surface area contributed by atoms with Crippen molar-refractivity contribution < 1.29 is 4.74 Å². The first kappa shape index (κ1) is 14.7. The van der Waals surface area contributed by atoms with Gasteiger partial charge in [0.2, 0.25) is 0 Å². The summed E-state index contributed by atoms with van der Waals surface area (Å²) in [6.45, 7) is 15.5. The molecule has 0 fully saturated rings. The summed E-state index contributed by atoms with van der Waals surface area (Å²) >= 11 is 2.36. The fourth-order valence-corrected chi connectivity index (χ4v) is 1.65. The Hall–Kier alpha value is 0.690. The lowest BCUT2D eigenvalue weighted by atomic mass is 9.84. The molecule has 0 aliphatic rings. The van der Waals surface area contributed by atoms with Gasteiger partial charge in [-0.1, -0.05) is 34.6 Å². The minimum atomic E-state index is -0.0649. The SMILES string of the molecule is CC(C)CC(OC(C)(C)I)C(C)(C)C. The van der Waals surface area contributed by atoms with E-state index in [2.05, 4.69) is 71.1 Å². The van der Waals surface area contributed by atoms with Crippen LogP contribution < -0.4 is 0 Å². The van der Waals surface area contributed by atoms with E-state index in [1.54, 1.807) is 0 Å². The second-order valence-corrected chi connectivity index (χ2v) is 8.56. The molecule has 0 aliphatic carbocycles. The number of alkyl halides is 1. The lowest BCUT2D eigenvalue weighted by Gasteiger charge is -2.36. The second-order valence-electron chi connectivity index (χ2n) is 5.97. The second kappa shape index (κ2) is 5.15. The summed E-state index contributed by atoms with van der Waals surface area (Å²) < 4.78 is 6.03. The van der Waals surface area contributed by atoms with Crippen LogP contribution >= 0.6 is 22.6 Å². The highest BCUT2D eigenvalue weighted by Gasteiger charge is 2.30. The first-order chi connectivity index (χ1) is 6.02. The molecule has 0 rings (SSSR count). The standard InChI is InChI=1S/C12H25IO/c1-9(2)8-10(11(3,4)5)14-12(6,7)13/h9-10H,8H2,1-7H3. The number of ether oxygens (including phenoxy) is 1. The van der Waals surface area contributed by atoms with Crippen LogP contribution in [0.1, 0.15) is 54.9 Å². The molecule has 2 heteroatoms. The topological polar surface area (TPSA) is 9.23 Å². The maximum atomic E-state index is 6.10. The van der Waals surface area contributed by atoms with E-state index in [9.17, 15) is 0 Å². The first-order valence-electron chi connectivity index (χ1n) is 5.39.